The summed E-state index contributed by atoms with van der Waals surface area (Å²) >= 11 is 5.57. The zero-order valence-electron chi connectivity index (χ0n) is 12.8. The van der Waals surface area contributed by atoms with Gasteiger partial charge in [0.05, 0.1) is 6.54 Å². The molecule has 0 saturated carbocycles. The van der Waals surface area contributed by atoms with Gasteiger partial charge in [-0.25, -0.2) is 0 Å². The molecule has 10 heteroatoms. The monoisotopic (exact) mass is 343 g/mol. The summed E-state index contributed by atoms with van der Waals surface area (Å²) in [6.07, 6.45) is 1.40. The number of halogens is 1. The predicted molar refractivity (Wildman–Crippen MR) is 81.7 cm³/mol. The first kappa shape index (κ1) is 16.0. The maximum atomic E-state index is 11.6. The van der Waals surface area contributed by atoms with Crippen LogP contribution in [0.3, 0.4) is 0 Å². The molecule has 23 heavy (non-hydrogen) atoms. The van der Waals surface area contributed by atoms with Crippen LogP contribution in [0.15, 0.2) is 6.20 Å². The number of alkyl halides is 1. The maximum absolute atomic E-state index is 11.6. The molecule has 2 aliphatic rings. The molecule has 1 saturated heterocycles. The SMILES string of the molecule is CC1(CN2CCN(C(=O)CCl)CC2)Cn2cc([N+](=O)[O-])nc2O1. The van der Waals surface area contributed by atoms with E-state index < -0.39 is 10.5 Å². The van der Waals surface area contributed by atoms with Gasteiger partial charge in [-0.1, -0.05) is 0 Å². The first-order valence-electron chi connectivity index (χ1n) is 7.37. The average molecular weight is 344 g/mol. The van der Waals surface area contributed by atoms with E-state index in [1.54, 1.807) is 9.47 Å². The molecular formula is C13H18ClN5O4. The largest absolute Gasteiger partial charge is 0.436 e. The summed E-state index contributed by atoms with van der Waals surface area (Å²) < 4.78 is 7.50. The number of amides is 1. The lowest BCUT2D eigenvalue weighted by atomic mass is 10.1. The Morgan fingerprint density at radius 2 is 2.17 bits per heavy atom. The lowest BCUT2D eigenvalue weighted by molar-refractivity contribution is -0.389. The molecule has 126 valence electrons. The van der Waals surface area contributed by atoms with E-state index in [1.165, 1.54) is 6.20 Å². The van der Waals surface area contributed by atoms with Crippen LogP contribution in [0.1, 0.15) is 6.92 Å². The van der Waals surface area contributed by atoms with Crippen molar-refractivity contribution < 1.29 is 14.5 Å². The van der Waals surface area contributed by atoms with Gasteiger partial charge in [0.15, 0.2) is 0 Å². The predicted octanol–water partition coefficient (Wildman–Crippen LogP) is 0.325. The number of hydrogen-bond donors (Lipinski definition) is 0. The molecule has 2 aliphatic heterocycles. The molecule has 1 unspecified atom stereocenters. The Hall–Kier alpha value is -1.87. The van der Waals surface area contributed by atoms with Gasteiger partial charge in [-0.2, -0.15) is 0 Å². The second-order valence-electron chi connectivity index (χ2n) is 6.11. The van der Waals surface area contributed by atoms with Crippen molar-refractivity contribution in [3.8, 4) is 6.01 Å². The highest BCUT2D eigenvalue weighted by molar-refractivity contribution is 6.27. The molecule has 0 spiro atoms. The second kappa shape index (κ2) is 5.97. The van der Waals surface area contributed by atoms with Crippen molar-refractivity contribution >= 4 is 23.3 Å². The lowest BCUT2D eigenvalue weighted by Crippen LogP contribution is -2.54. The molecule has 0 N–H and O–H groups in total. The Balaban J connectivity index is 1.56. The fourth-order valence-electron chi connectivity index (χ4n) is 3.08. The highest BCUT2D eigenvalue weighted by atomic mass is 35.5. The minimum atomic E-state index is -0.529. The van der Waals surface area contributed by atoms with Crippen LogP contribution in [0.5, 0.6) is 6.01 Å². The highest BCUT2D eigenvalue weighted by Crippen LogP contribution is 2.31. The van der Waals surface area contributed by atoms with Crippen LogP contribution in [-0.4, -0.2) is 74.4 Å². The second-order valence-corrected chi connectivity index (χ2v) is 6.38. The number of fused-ring (bicyclic) bond motifs is 1. The standard InChI is InChI=1S/C13H18ClN5O4/c1-13(8-16-2-4-17(5-3-16)11(20)6-14)9-18-7-10(19(21)22)15-12(18)23-13/h7H,2-6,8-9H2,1H3. The van der Waals surface area contributed by atoms with Gasteiger partial charge >= 0.3 is 11.8 Å². The fraction of sp³-hybridized carbons (Fsp3) is 0.692. The van der Waals surface area contributed by atoms with Gasteiger partial charge in [0.1, 0.15) is 17.7 Å². The Labute approximate surface area is 137 Å². The van der Waals surface area contributed by atoms with Gasteiger partial charge in [-0.05, 0) is 11.8 Å². The number of carbonyl (C=O) groups is 1. The fourth-order valence-corrected chi connectivity index (χ4v) is 3.25. The van der Waals surface area contributed by atoms with Crippen LogP contribution in [0, 0.1) is 10.1 Å². The van der Waals surface area contributed by atoms with Gasteiger partial charge < -0.3 is 19.8 Å². The zero-order chi connectivity index (χ0) is 16.6. The first-order chi connectivity index (χ1) is 10.9. The minimum absolute atomic E-state index is 0.0146. The van der Waals surface area contributed by atoms with E-state index in [9.17, 15) is 14.9 Å². The Kier molecular flexibility index (Phi) is 4.15. The third-order valence-corrected chi connectivity index (χ3v) is 4.38. The minimum Gasteiger partial charge on any atom is -0.436 e. The summed E-state index contributed by atoms with van der Waals surface area (Å²) in [7, 11) is 0. The van der Waals surface area contributed by atoms with E-state index >= 15 is 0 Å². The summed E-state index contributed by atoms with van der Waals surface area (Å²) in [6.45, 7) is 5.96. The summed E-state index contributed by atoms with van der Waals surface area (Å²) in [5.41, 5.74) is -0.476. The van der Waals surface area contributed by atoms with Gasteiger partial charge in [0.25, 0.3) is 0 Å². The van der Waals surface area contributed by atoms with E-state index in [0.717, 1.165) is 13.1 Å². The molecular weight excluding hydrogens is 326 g/mol. The number of aromatic nitrogens is 2. The lowest BCUT2D eigenvalue weighted by Gasteiger charge is -2.37. The number of hydrogen-bond acceptors (Lipinski definition) is 6. The Morgan fingerprint density at radius 1 is 1.48 bits per heavy atom. The molecule has 9 nitrogen and oxygen atoms in total. The van der Waals surface area contributed by atoms with Crippen molar-refractivity contribution in [2.24, 2.45) is 0 Å². The summed E-state index contributed by atoms with van der Waals surface area (Å²) in [4.78, 5) is 29.6. The normalized spacial score (nSPS) is 24.3. The third-order valence-electron chi connectivity index (χ3n) is 4.15. The van der Waals surface area contributed by atoms with Crippen LogP contribution in [0.2, 0.25) is 0 Å². The molecule has 1 atom stereocenters. The summed E-state index contributed by atoms with van der Waals surface area (Å²) in [5, 5.41) is 10.7. The molecule has 3 rings (SSSR count). The summed E-state index contributed by atoms with van der Waals surface area (Å²) in [6, 6.07) is 0.287. The van der Waals surface area contributed by atoms with Crippen molar-refractivity contribution in [2.75, 3.05) is 38.6 Å². The van der Waals surface area contributed by atoms with Gasteiger partial charge in [-0.15, -0.1) is 11.6 Å². The molecule has 1 aromatic rings. The number of ether oxygens (including phenoxy) is 1. The smallest absolute Gasteiger partial charge is 0.415 e. The van der Waals surface area contributed by atoms with Crippen molar-refractivity contribution in [1.29, 1.82) is 0 Å². The molecule has 3 heterocycles. The van der Waals surface area contributed by atoms with E-state index in [1.807, 2.05) is 6.92 Å². The van der Waals surface area contributed by atoms with Crippen LogP contribution < -0.4 is 4.74 Å². The molecule has 0 bridgehead atoms. The molecule has 0 radical (unpaired) electrons. The van der Waals surface area contributed by atoms with Crippen LogP contribution in [0.25, 0.3) is 0 Å². The molecule has 1 fully saturated rings. The Bertz CT molecular complexity index is 602. The number of imidazole rings is 1. The van der Waals surface area contributed by atoms with Crippen molar-refractivity contribution in [2.45, 2.75) is 19.1 Å². The van der Waals surface area contributed by atoms with Crippen molar-refractivity contribution in [1.82, 2.24) is 19.4 Å². The van der Waals surface area contributed by atoms with E-state index in [4.69, 9.17) is 16.3 Å². The zero-order valence-corrected chi connectivity index (χ0v) is 13.5. The number of carbonyl (C=O) groups excluding carboxylic acids is 1. The summed E-state index contributed by atoms with van der Waals surface area (Å²) in [5.74, 6) is -0.224. The van der Waals surface area contributed by atoms with E-state index in [-0.39, 0.29) is 23.6 Å². The van der Waals surface area contributed by atoms with E-state index in [0.29, 0.717) is 26.2 Å². The highest BCUT2D eigenvalue weighted by Gasteiger charge is 2.41. The van der Waals surface area contributed by atoms with Crippen molar-refractivity contribution in [3.63, 3.8) is 0 Å². The number of rotatable bonds is 4. The number of nitrogens with zero attached hydrogens (tertiary/aromatic N) is 5. The molecule has 0 aliphatic carbocycles. The van der Waals surface area contributed by atoms with Crippen LogP contribution in [-0.2, 0) is 11.3 Å². The van der Waals surface area contributed by atoms with Crippen LogP contribution in [0.4, 0.5) is 5.82 Å². The Morgan fingerprint density at radius 3 is 2.74 bits per heavy atom. The molecule has 0 aromatic carbocycles. The van der Waals surface area contributed by atoms with Crippen molar-refractivity contribution in [3.05, 3.63) is 16.3 Å². The maximum Gasteiger partial charge on any atom is 0.415 e. The topological polar surface area (TPSA) is 93.7 Å². The number of nitro groups is 1. The molecule has 1 amide bonds. The van der Waals surface area contributed by atoms with E-state index in [2.05, 4.69) is 9.88 Å². The quantitative estimate of drug-likeness (QED) is 0.444. The first-order valence-corrected chi connectivity index (χ1v) is 7.90. The van der Waals surface area contributed by atoms with Gasteiger partial charge in [0, 0.05) is 37.7 Å². The van der Waals surface area contributed by atoms with Crippen LogP contribution >= 0.6 is 11.6 Å². The number of piperazine rings is 1. The van der Waals surface area contributed by atoms with Gasteiger partial charge in [-0.3, -0.25) is 14.3 Å². The third kappa shape index (κ3) is 3.25. The average Bonchev–Trinajstić information content (AvgIpc) is 3.02. The van der Waals surface area contributed by atoms with Gasteiger partial charge in [0.2, 0.25) is 5.91 Å². The molecule has 1 aromatic heterocycles.